The lowest BCUT2D eigenvalue weighted by molar-refractivity contribution is 0.0697. The number of benzene rings is 1. The second kappa shape index (κ2) is 5.50. The second-order valence-electron chi connectivity index (χ2n) is 3.39. The van der Waals surface area contributed by atoms with Gasteiger partial charge in [0, 0.05) is 0 Å². The van der Waals surface area contributed by atoms with Crippen LogP contribution in [0.15, 0.2) is 50.6 Å². The first kappa shape index (κ1) is 12.4. The van der Waals surface area contributed by atoms with E-state index in [-0.39, 0.29) is 5.56 Å². The van der Waals surface area contributed by atoms with Gasteiger partial charge in [0.25, 0.3) is 0 Å². The van der Waals surface area contributed by atoms with Gasteiger partial charge in [0.1, 0.15) is 5.76 Å². The zero-order valence-corrected chi connectivity index (χ0v) is 10.7. The largest absolute Gasteiger partial charge is 0.478 e. The van der Waals surface area contributed by atoms with Gasteiger partial charge >= 0.3 is 5.97 Å². The van der Waals surface area contributed by atoms with Gasteiger partial charge < -0.3 is 9.52 Å². The SMILES string of the molecule is O=C(O)c1ccc(N/N=C/c2ccc(Br)o2)cc1. The van der Waals surface area contributed by atoms with E-state index in [1.807, 2.05) is 0 Å². The molecule has 92 valence electrons. The van der Waals surface area contributed by atoms with Crippen LogP contribution in [0.3, 0.4) is 0 Å². The van der Waals surface area contributed by atoms with Gasteiger partial charge in [-0.2, -0.15) is 5.10 Å². The first-order chi connectivity index (χ1) is 8.65. The Kier molecular flexibility index (Phi) is 3.78. The number of carboxylic acids is 1. The summed E-state index contributed by atoms with van der Waals surface area (Å²) in [7, 11) is 0. The van der Waals surface area contributed by atoms with E-state index in [9.17, 15) is 4.79 Å². The van der Waals surface area contributed by atoms with Gasteiger partial charge in [-0.1, -0.05) is 0 Å². The van der Waals surface area contributed by atoms with Gasteiger partial charge in [0.05, 0.1) is 17.5 Å². The number of aromatic carboxylic acids is 1. The maximum absolute atomic E-state index is 10.6. The zero-order chi connectivity index (χ0) is 13.0. The Bertz CT molecular complexity index is 575. The van der Waals surface area contributed by atoms with Crippen molar-refractivity contribution in [3.05, 3.63) is 52.4 Å². The fraction of sp³-hybridized carbons (Fsp3) is 0. The average Bonchev–Trinajstić information content (AvgIpc) is 2.76. The molecular formula is C12H9BrN2O3. The van der Waals surface area contributed by atoms with Crippen molar-refractivity contribution in [2.24, 2.45) is 5.10 Å². The standard InChI is InChI=1S/C12H9BrN2O3/c13-11-6-5-10(18-11)7-14-15-9-3-1-8(2-4-9)12(16)17/h1-7,15H,(H,16,17)/b14-7+. The van der Waals surface area contributed by atoms with Crippen LogP contribution in [0.2, 0.25) is 0 Å². The summed E-state index contributed by atoms with van der Waals surface area (Å²) in [5.41, 5.74) is 3.70. The van der Waals surface area contributed by atoms with Crippen molar-refractivity contribution in [3.63, 3.8) is 0 Å². The molecule has 1 aromatic heterocycles. The Labute approximate surface area is 111 Å². The third-order valence-electron chi connectivity index (χ3n) is 2.11. The smallest absolute Gasteiger partial charge is 0.335 e. The molecule has 0 aliphatic carbocycles. The van der Waals surface area contributed by atoms with Gasteiger partial charge in [0.15, 0.2) is 4.67 Å². The molecule has 0 atom stereocenters. The fourth-order valence-electron chi connectivity index (χ4n) is 1.26. The number of anilines is 1. The van der Waals surface area contributed by atoms with Gasteiger partial charge in [-0.25, -0.2) is 4.79 Å². The minimum absolute atomic E-state index is 0.236. The Morgan fingerprint density at radius 2 is 2.00 bits per heavy atom. The lowest BCUT2D eigenvalue weighted by atomic mass is 10.2. The molecule has 0 amide bonds. The van der Waals surface area contributed by atoms with E-state index < -0.39 is 5.97 Å². The van der Waals surface area contributed by atoms with Crippen molar-refractivity contribution in [1.29, 1.82) is 0 Å². The van der Waals surface area contributed by atoms with Gasteiger partial charge in [-0.05, 0) is 52.3 Å². The summed E-state index contributed by atoms with van der Waals surface area (Å²) >= 11 is 3.19. The van der Waals surface area contributed by atoms with Crippen molar-refractivity contribution in [2.75, 3.05) is 5.43 Å². The molecule has 0 unspecified atom stereocenters. The van der Waals surface area contributed by atoms with E-state index in [0.717, 1.165) is 0 Å². The fourth-order valence-corrected chi connectivity index (χ4v) is 1.57. The highest BCUT2D eigenvalue weighted by Gasteiger charge is 2.00. The normalized spacial score (nSPS) is 10.7. The molecule has 0 saturated carbocycles. The third kappa shape index (κ3) is 3.21. The molecule has 2 N–H and O–H groups in total. The van der Waals surface area contributed by atoms with E-state index in [0.29, 0.717) is 16.1 Å². The van der Waals surface area contributed by atoms with E-state index in [2.05, 4.69) is 26.5 Å². The van der Waals surface area contributed by atoms with Crippen LogP contribution < -0.4 is 5.43 Å². The monoisotopic (exact) mass is 308 g/mol. The van der Waals surface area contributed by atoms with Crippen LogP contribution in [0.4, 0.5) is 5.69 Å². The minimum Gasteiger partial charge on any atom is -0.478 e. The second-order valence-corrected chi connectivity index (χ2v) is 4.18. The third-order valence-corrected chi connectivity index (χ3v) is 2.54. The van der Waals surface area contributed by atoms with Crippen LogP contribution in [0.5, 0.6) is 0 Å². The Morgan fingerprint density at radius 1 is 1.28 bits per heavy atom. The molecule has 2 aromatic rings. The number of nitrogens with one attached hydrogen (secondary N) is 1. The summed E-state index contributed by atoms with van der Waals surface area (Å²) in [4.78, 5) is 10.6. The summed E-state index contributed by atoms with van der Waals surface area (Å²) in [5.74, 6) is -0.345. The van der Waals surface area contributed by atoms with Crippen LogP contribution in [0.25, 0.3) is 0 Å². The molecular weight excluding hydrogens is 300 g/mol. The van der Waals surface area contributed by atoms with Crippen LogP contribution in [0, 0.1) is 0 Å². The molecule has 0 saturated heterocycles. The molecule has 5 nitrogen and oxygen atoms in total. The molecule has 0 fully saturated rings. The molecule has 6 heteroatoms. The van der Waals surface area contributed by atoms with Crippen molar-refractivity contribution in [2.45, 2.75) is 0 Å². The lowest BCUT2D eigenvalue weighted by Gasteiger charge is -1.99. The molecule has 1 heterocycles. The van der Waals surface area contributed by atoms with E-state index >= 15 is 0 Å². The number of furan rings is 1. The average molecular weight is 309 g/mol. The molecule has 0 bridgehead atoms. The molecule has 1 aromatic carbocycles. The van der Waals surface area contributed by atoms with Crippen LogP contribution >= 0.6 is 15.9 Å². The number of hydrazone groups is 1. The highest BCUT2D eigenvalue weighted by Crippen LogP contribution is 2.13. The van der Waals surface area contributed by atoms with Gasteiger partial charge in [0.2, 0.25) is 0 Å². The maximum atomic E-state index is 10.6. The first-order valence-corrected chi connectivity index (χ1v) is 5.82. The van der Waals surface area contributed by atoms with E-state index in [4.69, 9.17) is 9.52 Å². The number of hydrogen-bond acceptors (Lipinski definition) is 4. The summed E-state index contributed by atoms with van der Waals surface area (Å²) < 4.78 is 5.86. The van der Waals surface area contributed by atoms with Crippen molar-refractivity contribution in [3.8, 4) is 0 Å². The highest BCUT2D eigenvalue weighted by atomic mass is 79.9. The van der Waals surface area contributed by atoms with Crippen molar-refractivity contribution < 1.29 is 14.3 Å². The quantitative estimate of drug-likeness (QED) is 0.672. The predicted octanol–water partition coefficient (Wildman–Crippen LogP) is 3.19. The minimum atomic E-state index is -0.953. The zero-order valence-electron chi connectivity index (χ0n) is 9.13. The Balaban J connectivity index is 1.98. The lowest BCUT2D eigenvalue weighted by Crippen LogP contribution is -1.96. The van der Waals surface area contributed by atoms with Crippen molar-refractivity contribution >= 4 is 33.8 Å². The predicted molar refractivity (Wildman–Crippen MR) is 71.0 cm³/mol. The summed E-state index contributed by atoms with van der Waals surface area (Å²) in [6.07, 6.45) is 1.52. The van der Waals surface area contributed by atoms with E-state index in [1.54, 1.807) is 24.3 Å². The van der Waals surface area contributed by atoms with Crippen LogP contribution in [0.1, 0.15) is 16.1 Å². The summed E-state index contributed by atoms with van der Waals surface area (Å²) in [6, 6.07) is 9.82. The number of carboxylic acid groups (broad SMARTS) is 1. The van der Waals surface area contributed by atoms with Gasteiger partial charge in [-0.15, -0.1) is 0 Å². The molecule has 2 rings (SSSR count). The number of nitrogens with zero attached hydrogens (tertiary/aromatic N) is 1. The molecule has 0 aliphatic heterocycles. The van der Waals surface area contributed by atoms with E-state index in [1.165, 1.54) is 18.3 Å². The molecule has 0 spiro atoms. The summed E-state index contributed by atoms with van der Waals surface area (Å²) in [5, 5.41) is 12.7. The molecule has 18 heavy (non-hydrogen) atoms. The van der Waals surface area contributed by atoms with Crippen LogP contribution in [-0.2, 0) is 0 Å². The van der Waals surface area contributed by atoms with Gasteiger partial charge in [-0.3, -0.25) is 5.43 Å². The number of rotatable bonds is 4. The number of hydrogen-bond donors (Lipinski definition) is 2. The number of carbonyl (C=O) groups is 1. The highest BCUT2D eigenvalue weighted by molar-refractivity contribution is 9.10. The number of halogens is 1. The Morgan fingerprint density at radius 3 is 2.56 bits per heavy atom. The Hall–Kier alpha value is -2.08. The molecule has 0 radical (unpaired) electrons. The maximum Gasteiger partial charge on any atom is 0.335 e. The van der Waals surface area contributed by atoms with Crippen LogP contribution in [-0.4, -0.2) is 17.3 Å². The van der Waals surface area contributed by atoms with Crippen molar-refractivity contribution in [1.82, 2.24) is 0 Å². The molecule has 0 aliphatic rings. The summed E-state index contributed by atoms with van der Waals surface area (Å²) in [6.45, 7) is 0. The first-order valence-electron chi connectivity index (χ1n) is 5.03. The topological polar surface area (TPSA) is 74.8 Å².